The summed E-state index contributed by atoms with van der Waals surface area (Å²) in [7, 11) is -2.54. The first-order valence-electron chi connectivity index (χ1n) is 8.87. The number of carbonyl (C=O) groups is 1. The minimum absolute atomic E-state index is 0.0446. The van der Waals surface area contributed by atoms with Crippen LogP contribution in [0.15, 0.2) is 41.3 Å². The number of halogens is 3. The smallest absolute Gasteiger partial charge is 0.387 e. The molecule has 0 fully saturated rings. The molecule has 2 aromatic rings. The highest BCUT2D eigenvalue weighted by molar-refractivity contribution is 7.89. The Morgan fingerprint density at radius 2 is 1.87 bits per heavy atom. The maximum absolute atomic E-state index is 14.0. The number of sulfonamides is 1. The van der Waals surface area contributed by atoms with E-state index in [0.29, 0.717) is 5.56 Å². The molecule has 164 valence electrons. The third-order valence-corrected chi connectivity index (χ3v) is 5.51. The van der Waals surface area contributed by atoms with Crippen LogP contribution in [0.25, 0.3) is 0 Å². The Hall–Kier alpha value is -2.79. The van der Waals surface area contributed by atoms with Crippen LogP contribution in [0.1, 0.15) is 22.8 Å². The van der Waals surface area contributed by atoms with Gasteiger partial charge < -0.3 is 14.8 Å². The molecule has 1 amide bonds. The Labute approximate surface area is 172 Å². The van der Waals surface area contributed by atoms with E-state index < -0.39 is 33.9 Å². The maximum Gasteiger partial charge on any atom is 0.387 e. The Bertz CT molecular complexity index is 1000. The van der Waals surface area contributed by atoms with Crippen LogP contribution >= 0.6 is 0 Å². The molecule has 0 atom stereocenters. The molecule has 30 heavy (non-hydrogen) atoms. The van der Waals surface area contributed by atoms with Gasteiger partial charge in [0.1, 0.15) is 5.82 Å². The van der Waals surface area contributed by atoms with Crippen LogP contribution in [0.5, 0.6) is 11.5 Å². The lowest BCUT2D eigenvalue weighted by Gasteiger charge is -2.12. The van der Waals surface area contributed by atoms with Crippen LogP contribution < -0.4 is 19.5 Å². The van der Waals surface area contributed by atoms with Crippen LogP contribution in [-0.4, -0.2) is 41.1 Å². The number of hydrogen-bond acceptors (Lipinski definition) is 5. The number of benzene rings is 2. The zero-order valence-electron chi connectivity index (χ0n) is 16.2. The van der Waals surface area contributed by atoms with Crippen molar-refractivity contribution in [2.45, 2.75) is 24.9 Å². The van der Waals surface area contributed by atoms with Gasteiger partial charge in [-0.15, -0.1) is 0 Å². The number of amides is 1. The minimum atomic E-state index is -3.85. The fourth-order valence-corrected chi connectivity index (χ4v) is 3.67. The Balaban J connectivity index is 2.08. The second-order valence-corrected chi connectivity index (χ2v) is 7.78. The van der Waals surface area contributed by atoms with E-state index in [9.17, 15) is 26.4 Å². The van der Waals surface area contributed by atoms with Gasteiger partial charge in [-0.25, -0.2) is 17.5 Å². The summed E-state index contributed by atoms with van der Waals surface area (Å²) in [6.45, 7) is -1.25. The Morgan fingerprint density at radius 3 is 2.50 bits per heavy atom. The number of hydrogen-bond donors (Lipinski definition) is 2. The van der Waals surface area contributed by atoms with Crippen molar-refractivity contribution in [3.8, 4) is 11.5 Å². The second kappa shape index (κ2) is 10.3. The minimum Gasteiger partial charge on any atom is -0.493 e. The van der Waals surface area contributed by atoms with Crippen molar-refractivity contribution in [3.05, 3.63) is 53.3 Å². The summed E-state index contributed by atoms with van der Waals surface area (Å²) in [5, 5.41) is 2.47. The summed E-state index contributed by atoms with van der Waals surface area (Å²) in [5.41, 5.74) is 0.140. The first-order chi connectivity index (χ1) is 14.2. The van der Waals surface area contributed by atoms with E-state index in [0.717, 1.165) is 18.2 Å². The largest absolute Gasteiger partial charge is 0.493 e. The molecular formula is C19H21F3N2O5S. The number of ether oxygens (including phenoxy) is 2. The van der Waals surface area contributed by atoms with E-state index in [-0.39, 0.29) is 35.9 Å². The van der Waals surface area contributed by atoms with Crippen LogP contribution in [0.3, 0.4) is 0 Å². The predicted molar refractivity (Wildman–Crippen MR) is 103 cm³/mol. The molecule has 0 spiro atoms. The molecule has 2 N–H and O–H groups in total. The van der Waals surface area contributed by atoms with Gasteiger partial charge >= 0.3 is 6.61 Å². The fraction of sp³-hybridized carbons (Fsp3) is 0.316. The molecule has 0 aliphatic heterocycles. The van der Waals surface area contributed by atoms with Crippen molar-refractivity contribution in [1.82, 2.24) is 10.0 Å². The van der Waals surface area contributed by atoms with E-state index in [1.807, 2.05) is 0 Å². The fourth-order valence-electron chi connectivity index (χ4n) is 2.60. The predicted octanol–water partition coefficient (Wildman–Crippen LogP) is 2.71. The molecule has 11 heteroatoms. The third kappa shape index (κ3) is 6.10. The van der Waals surface area contributed by atoms with E-state index in [1.165, 1.54) is 19.2 Å². The Morgan fingerprint density at radius 1 is 1.13 bits per heavy atom. The van der Waals surface area contributed by atoms with Crippen LogP contribution in [0, 0.1) is 5.82 Å². The molecule has 0 unspecified atom stereocenters. The monoisotopic (exact) mass is 446 g/mol. The lowest BCUT2D eigenvalue weighted by atomic mass is 10.1. The summed E-state index contributed by atoms with van der Waals surface area (Å²) in [4.78, 5) is 12.1. The number of rotatable bonds is 10. The third-order valence-electron chi connectivity index (χ3n) is 3.97. The summed E-state index contributed by atoms with van der Waals surface area (Å²) < 4.78 is 74.7. The summed E-state index contributed by atoms with van der Waals surface area (Å²) in [6, 6.07) is 7.31. The standard InChI is InChI=1S/C19H21F3N2O5S/c1-3-24-30(26,27)13-5-6-15(20)14(11-13)18(25)23-9-8-12-4-7-16(28-2)17(10-12)29-19(21)22/h4-7,10-11,19,24H,3,8-9H2,1-2H3,(H,23,25). The summed E-state index contributed by atoms with van der Waals surface area (Å²) in [6.07, 6.45) is 0.229. The van der Waals surface area contributed by atoms with Crippen LogP contribution in [-0.2, 0) is 16.4 Å². The number of nitrogens with one attached hydrogen (secondary N) is 2. The first-order valence-corrected chi connectivity index (χ1v) is 10.4. The number of carbonyl (C=O) groups excluding carboxylic acids is 1. The Kier molecular flexibility index (Phi) is 8.07. The molecule has 0 aliphatic carbocycles. The highest BCUT2D eigenvalue weighted by atomic mass is 32.2. The molecule has 0 bridgehead atoms. The van der Waals surface area contributed by atoms with E-state index >= 15 is 0 Å². The molecular weight excluding hydrogens is 425 g/mol. The van der Waals surface area contributed by atoms with Gasteiger partial charge in [0.05, 0.1) is 17.6 Å². The van der Waals surface area contributed by atoms with Crippen molar-refractivity contribution >= 4 is 15.9 Å². The highest BCUT2D eigenvalue weighted by Gasteiger charge is 2.19. The molecule has 0 saturated heterocycles. The number of methoxy groups -OCH3 is 1. The molecule has 0 saturated carbocycles. The van der Waals surface area contributed by atoms with Gasteiger partial charge in [-0.1, -0.05) is 13.0 Å². The topological polar surface area (TPSA) is 93.7 Å². The van der Waals surface area contributed by atoms with Gasteiger partial charge in [-0.05, 0) is 42.3 Å². The normalized spacial score (nSPS) is 11.4. The number of alkyl halides is 2. The zero-order chi connectivity index (χ0) is 22.3. The van der Waals surface area contributed by atoms with Gasteiger partial charge in [0.25, 0.3) is 5.91 Å². The molecule has 0 aromatic heterocycles. The molecule has 0 radical (unpaired) electrons. The van der Waals surface area contributed by atoms with Gasteiger partial charge in [-0.2, -0.15) is 8.78 Å². The van der Waals surface area contributed by atoms with Crippen molar-refractivity contribution < 1.29 is 35.9 Å². The second-order valence-electron chi connectivity index (χ2n) is 6.01. The average Bonchev–Trinajstić information content (AvgIpc) is 2.67. The van der Waals surface area contributed by atoms with E-state index in [2.05, 4.69) is 14.8 Å². The first kappa shape index (κ1) is 23.5. The van der Waals surface area contributed by atoms with Gasteiger partial charge in [0.15, 0.2) is 11.5 Å². The molecule has 0 heterocycles. The lowest BCUT2D eigenvalue weighted by molar-refractivity contribution is -0.0512. The highest BCUT2D eigenvalue weighted by Crippen LogP contribution is 2.29. The van der Waals surface area contributed by atoms with Crippen LogP contribution in [0.2, 0.25) is 0 Å². The van der Waals surface area contributed by atoms with Crippen molar-refractivity contribution in [2.75, 3.05) is 20.2 Å². The summed E-state index contributed by atoms with van der Waals surface area (Å²) in [5.74, 6) is -1.70. The lowest BCUT2D eigenvalue weighted by Crippen LogP contribution is -2.28. The molecule has 0 aliphatic rings. The van der Waals surface area contributed by atoms with Gasteiger partial charge in [0.2, 0.25) is 10.0 Å². The van der Waals surface area contributed by atoms with Crippen molar-refractivity contribution in [1.29, 1.82) is 0 Å². The van der Waals surface area contributed by atoms with Gasteiger partial charge in [0, 0.05) is 13.1 Å². The molecule has 7 nitrogen and oxygen atoms in total. The maximum atomic E-state index is 14.0. The summed E-state index contributed by atoms with van der Waals surface area (Å²) >= 11 is 0. The van der Waals surface area contributed by atoms with E-state index in [1.54, 1.807) is 13.0 Å². The van der Waals surface area contributed by atoms with Crippen molar-refractivity contribution in [3.63, 3.8) is 0 Å². The quantitative estimate of drug-likeness (QED) is 0.585. The zero-order valence-corrected chi connectivity index (χ0v) is 17.1. The van der Waals surface area contributed by atoms with Gasteiger partial charge in [-0.3, -0.25) is 4.79 Å². The van der Waals surface area contributed by atoms with E-state index in [4.69, 9.17) is 4.74 Å². The molecule has 2 aromatic carbocycles. The van der Waals surface area contributed by atoms with Crippen LogP contribution in [0.4, 0.5) is 13.2 Å². The average molecular weight is 446 g/mol. The SMILES string of the molecule is CCNS(=O)(=O)c1ccc(F)c(C(=O)NCCc2ccc(OC)c(OC(F)F)c2)c1. The van der Waals surface area contributed by atoms with Crippen molar-refractivity contribution in [2.24, 2.45) is 0 Å². The molecule has 2 rings (SSSR count).